The van der Waals surface area contributed by atoms with Crippen molar-refractivity contribution >= 4 is 23.1 Å². The third-order valence-electron chi connectivity index (χ3n) is 2.29. The molecule has 0 atom stereocenters. The van der Waals surface area contributed by atoms with E-state index in [1.165, 1.54) is 0 Å². The van der Waals surface area contributed by atoms with Crippen LogP contribution in [0.2, 0.25) is 0 Å². The van der Waals surface area contributed by atoms with Gasteiger partial charge in [-0.05, 0) is 12.1 Å². The molecule has 1 aliphatic rings. The van der Waals surface area contributed by atoms with E-state index in [-0.39, 0.29) is 5.91 Å². The number of para-hydroxylation sites is 1. The number of nitrogens with zero attached hydrogens (tertiary/aromatic N) is 2. The molecule has 0 saturated heterocycles. The normalized spacial score (nSPS) is 14.1. The summed E-state index contributed by atoms with van der Waals surface area (Å²) in [6.07, 6.45) is 5.10. The number of carbonyl (C=O) groups excluding carboxylic acids is 1. The summed E-state index contributed by atoms with van der Waals surface area (Å²) in [4.78, 5) is 15.8. The van der Waals surface area contributed by atoms with E-state index in [9.17, 15) is 4.79 Å². The number of imidazole rings is 1. The van der Waals surface area contributed by atoms with Gasteiger partial charge in [0.25, 0.3) is 5.91 Å². The van der Waals surface area contributed by atoms with Gasteiger partial charge in [0.1, 0.15) is 0 Å². The molecule has 0 radical (unpaired) electrons. The summed E-state index contributed by atoms with van der Waals surface area (Å²) in [5.41, 5.74) is 2.35. The topological polar surface area (TPSA) is 46.9 Å². The zero-order chi connectivity index (χ0) is 9.54. The van der Waals surface area contributed by atoms with Gasteiger partial charge in [0.15, 0.2) is 0 Å². The molecule has 1 N–H and O–H groups in total. The number of nitrogens with one attached hydrogen (secondary N) is 1. The Kier molecular flexibility index (Phi) is 1.28. The van der Waals surface area contributed by atoms with Gasteiger partial charge in [-0.3, -0.25) is 4.79 Å². The fourth-order valence-corrected chi connectivity index (χ4v) is 1.66. The molecule has 1 aromatic carbocycles. The first-order valence-corrected chi connectivity index (χ1v) is 4.29. The van der Waals surface area contributed by atoms with Crippen molar-refractivity contribution in [2.24, 2.45) is 0 Å². The summed E-state index contributed by atoms with van der Waals surface area (Å²) in [5.74, 6) is -0.0916. The van der Waals surface area contributed by atoms with Crippen molar-refractivity contribution in [1.82, 2.24) is 14.9 Å². The molecule has 0 spiro atoms. The Morgan fingerprint density at radius 2 is 2.29 bits per heavy atom. The molecule has 68 valence electrons. The van der Waals surface area contributed by atoms with E-state index >= 15 is 0 Å². The third-order valence-corrected chi connectivity index (χ3v) is 2.29. The monoisotopic (exact) mass is 185 g/mol. The summed E-state index contributed by atoms with van der Waals surface area (Å²) in [6, 6.07) is 5.52. The van der Waals surface area contributed by atoms with Crippen LogP contribution in [0.1, 0.15) is 10.4 Å². The maximum absolute atomic E-state index is 11.6. The molecule has 1 aromatic heterocycles. The minimum absolute atomic E-state index is 0.0916. The molecule has 2 aromatic rings. The van der Waals surface area contributed by atoms with E-state index < -0.39 is 0 Å². The lowest BCUT2D eigenvalue weighted by Crippen LogP contribution is -2.15. The number of rotatable bonds is 0. The van der Waals surface area contributed by atoms with Gasteiger partial charge in [-0.2, -0.15) is 0 Å². The highest BCUT2D eigenvalue weighted by Crippen LogP contribution is 2.19. The highest BCUT2D eigenvalue weighted by molar-refractivity contribution is 6.06. The summed E-state index contributed by atoms with van der Waals surface area (Å²) in [7, 11) is 0. The molecular formula is C10H7N3O. The van der Waals surface area contributed by atoms with E-state index in [0.29, 0.717) is 5.56 Å². The number of amides is 1. The second-order valence-corrected chi connectivity index (χ2v) is 3.11. The van der Waals surface area contributed by atoms with Crippen molar-refractivity contribution in [3.8, 4) is 0 Å². The largest absolute Gasteiger partial charge is 0.327 e. The van der Waals surface area contributed by atoms with E-state index in [0.717, 1.165) is 11.0 Å². The molecule has 3 rings (SSSR count). The fraction of sp³-hybridized carbons (Fsp3) is 0. The van der Waals surface area contributed by atoms with Crippen molar-refractivity contribution in [3.63, 3.8) is 0 Å². The van der Waals surface area contributed by atoms with Crippen LogP contribution in [0.15, 0.2) is 30.7 Å². The van der Waals surface area contributed by atoms with Crippen LogP contribution in [0.25, 0.3) is 17.2 Å². The molecule has 0 fully saturated rings. The number of benzene rings is 1. The minimum atomic E-state index is -0.0916. The first-order valence-electron chi connectivity index (χ1n) is 4.29. The first kappa shape index (κ1) is 7.32. The average Bonchev–Trinajstić information content (AvgIpc) is 2.53. The Balaban J connectivity index is 2.52. The number of carbonyl (C=O) groups is 1. The highest BCUT2D eigenvalue weighted by atomic mass is 16.1. The van der Waals surface area contributed by atoms with Gasteiger partial charge in [0, 0.05) is 12.4 Å². The van der Waals surface area contributed by atoms with Crippen LogP contribution in [0.5, 0.6) is 0 Å². The molecule has 14 heavy (non-hydrogen) atoms. The van der Waals surface area contributed by atoms with Crippen molar-refractivity contribution < 1.29 is 4.79 Å². The quantitative estimate of drug-likeness (QED) is 0.670. The molecule has 0 saturated carbocycles. The van der Waals surface area contributed by atoms with Gasteiger partial charge in [0.05, 0.1) is 22.9 Å². The smallest absolute Gasteiger partial charge is 0.257 e. The molecule has 0 bridgehead atoms. The maximum Gasteiger partial charge on any atom is 0.257 e. The summed E-state index contributed by atoms with van der Waals surface area (Å²) in [5, 5.41) is 2.67. The molecule has 1 aliphatic heterocycles. The SMILES string of the molecule is O=C1NC=Cn2cnc3cccc1c32. The fourth-order valence-electron chi connectivity index (χ4n) is 1.66. The van der Waals surface area contributed by atoms with E-state index in [4.69, 9.17) is 0 Å². The lowest BCUT2D eigenvalue weighted by Gasteiger charge is -1.99. The van der Waals surface area contributed by atoms with Crippen LogP contribution < -0.4 is 5.32 Å². The molecule has 4 heteroatoms. The van der Waals surface area contributed by atoms with Crippen LogP contribution in [-0.4, -0.2) is 15.5 Å². The van der Waals surface area contributed by atoms with E-state index in [1.54, 1.807) is 24.8 Å². The minimum Gasteiger partial charge on any atom is -0.327 e. The van der Waals surface area contributed by atoms with Crippen molar-refractivity contribution in [2.45, 2.75) is 0 Å². The predicted molar refractivity (Wildman–Crippen MR) is 52.5 cm³/mol. The summed E-state index contributed by atoms with van der Waals surface area (Å²) >= 11 is 0. The standard InChI is InChI=1S/C10H7N3O/c14-10-7-2-1-3-8-9(7)13(6-12-8)5-4-11-10/h1-6H,(H,11,14). The van der Waals surface area contributed by atoms with Crippen molar-refractivity contribution in [3.05, 3.63) is 36.3 Å². The van der Waals surface area contributed by atoms with E-state index in [2.05, 4.69) is 10.3 Å². The van der Waals surface area contributed by atoms with Gasteiger partial charge in [-0.25, -0.2) is 4.98 Å². The number of hydrogen-bond acceptors (Lipinski definition) is 2. The van der Waals surface area contributed by atoms with Crippen LogP contribution in [0, 0.1) is 0 Å². The molecule has 2 heterocycles. The average molecular weight is 185 g/mol. The Morgan fingerprint density at radius 3 is 3.21 bits per heavy atom. The lowest BCUT2D eigenvalue weighted by atomic mass is 10.2. The highest BCUT2D eigenvalue weighted by Gasteiger charge is 2.14. The molecular weight excluding hydrogens is 178 g/mol. The zero-order valence-electron chi connectivity index (χ0n) is 7.27. The lowest BCUT2D eigenvalue weighted by molar-refractivity contribution is 0.0972. The zero-order valence-corrected chi connectivity index (χ0v) is 7.27. The third kappa shape index (κ3) is 0.821. The van der Waals surface area contributed by atoms with Crippen molar-refractivity contribution in [1.29, 1.82) is 0 Å². The molecule has 0 aliphatic carbocycles. The molecule has 1 amide bonds. The Morgan fingerprint density at radius 1 is 1.36 bits per heavy atom. The molecule has 0 unspecified atom stereocenters. The van der Waals surface area contributed by atoms with Crippen LogP contribution >= 0.6 is 0 Å². The number of aromatic nitrogens is 2. The molecule has 4 nitrogen and oxygen atoms in total. The number of hydrogen-bond donors (Lipinski definition) is 1. The summed E-state index contributed by atoms with van der Waals surface area (Å²) in [6.45, 7) is 0. The Labute approximate surface area is 79.9 Å². The second-order valence-electron chi connectivity index (χ2n) is 3.11. The van der Waals surface area contributed by atoms with Gasteiger partial charge >= 0.3 is 0 Å². The van der Waals surface area contributed by atoms with Crippen molar-refractivity contribution in [2.75, 3.05) is 0 Å². The van der Waals surface area contributed by atoms with Crippen LogP contribution in [0.3, 0.4) is 0 Å². The van der Waals surface area contributed by atoms with Gasteiger partial charge < -0.3 is 9.88 Å². The van der Waals surface area contributed by atoms with Gasteiger partial charge in [-0.1, -0.05) is 6.07 Å². The van der Waals surface area contributed by atoms with Gasteiger partial charge in [0.2, 0.25) is 0 Å². The maximum atomic E-state index is 11.6. The van der Waals surface area contributed by atoms with Crippen LogP contribution in [0.4, 0.5) is 0 Å². The van der Waals surface area contributed by atoms with Gasteiger partial charge in [-0.15, -0.1) is 0 Å². The summed E-state index contributed by atoms with van der Waals surface area (Å²) < 4.78 is 1.84. The second kappa shape index (κ2) is 2.45. The Bertz CT molecular complexity index is 553. The van der Waals surface area contributed by atoms with E-state index in [1.807, 2.05) is 16.7 Å². The van der Waals surface area contributed by atoms with Crippen LogP contribution in [-0.2, 0) is 0 Å². The predicted octanol–water partition coefficient (Wildman–Crippen LogP) is 1.21. The first-order chi connectivity index (χ1) is 6.86. The Hall–Kier alpha value is -2.10.